The second kappa shape index (κ2) is 7.72. The van der Waals surface area contributed by atoms with Crippen molar-refractivity contribution in [2.75, 3.05) is 6.54 Å². The number of non-ortho nitro benzene ring substituents is 1. The van der Waals surface area contributed by atoms with Crippen molar-refractivity contribution in [1.82, 2.24) is 10.3 Å². The Kier molecular flexibility index (Phi) is 5.37. The number of aromatic nitrogens is 1. The van der Waals surface area contributed by atoms with Crippen LogP contribution in [0.2, 0.25) is 5.15 Å². The van der Waals surface area contributed by atoms with Gasteiger partial charge in [0.2, 0.25) is 0 Å². The zero-order valence-corrected chi connectivity index (χ0v) is 15.7. The molecule has 1 amide bonds. The highest BCUT2D eigenvalue weighted by atomic mass is 35.5. The second-order valence-corrected chi connectivity index (χ2v) is 6.77. The third kappa shape index (κ3) is 4.23. The van der Waals surface area contributed by atoms with Gasteiger partial charge in [0.15, 0.2) is 0 Å². The summed E-state index contributed by atoms with van der Waals surface area (Å²) < 4.78 is 0. The third-order valence-corrected chi connectivity index (χ3v) is 4.59. The predicted octanol–water partition coefficient (Wildman–Crippen LogP) is 4.39. The molecule has 0 aliphatic carbocycles. The van der Waals surface area contributed by atoms with Gasteiger partial charge in [0, 0.05) is 24.1 Å². The summed E-state index contributed by atoms with van der Waals surface area (Å²) >= 11 is 6.22. The standard InChI is InChI=1S/C20H18ClN3O3/c1-12-9-13(2)18-15(10-12)11-17(19(21)23-18)20(25)22-8-7-14-3-5-16(6-4-14)24(26)27/h3-6,9-11H,7-8H2,1-2H3,(H,22,25). The summed E-state index contributed by atoms with van der Waals surface area (Å²) in [5.41, 5.74) is 4.16. The van der Waals surface area contributed by atoms with Crippen molar-refractivity contribution < 1.29 is 9.72 Å². The van der Waals surface area contributed by atoms with Crippen molar-refractivity contribution in [2.24, 2.45) is 0 Å². The smallest absolute Gasteiger partial charge is 0.269 e. The first-order chi connectivity index (χ1) is 12.8. The van der Waals surface area contributed by atoms with Gasteiger partial charge in [-0.15, -0.1) is 0 Å². The topological polar surface area (TPSA) is 85.1 Å². The lowest BCUT2D eigenvalue weighted by Crippen LogP contribution is -2.26. The van der Waals surface area contributed by atoms with Crippen LogP contribution in [0, 0.1) is 24.0 Å². The number of nitro benzene ring substituents is 1. The number of hydrogen-bond donors (Lipinski definition) is 1. The number of carbonyl (C=O) groups is 1. The summed E-state index contributed by atoms with van der Waals surface area (Å²) in [6, 6.07) is 12.0. The Morgan fingerprint density at radius 3 is 2.56 bits per heavy atom. The molecule has 0 saturated heterocycles. The van der Waals surface area contributed by atoms with E-state index in [2.05, 4.69) is 10.3 Å². The van der Waals surface area contributed by atoms with Crippen molar-refractivity contribution in [2.45, 2.75) is 20.3 Å². The molecule has 0 unspecified atom stereocenters. The van der Waals surface area contributed by atoms with Crippen LogP contribution in [0.1, 0.15) is 27.0 Å². The summed E-state index contributed by atoms with van der Waals surface area (Å²) in [6.07, 6.45) is 0.556. The Morgan fingerprint density at radius 1 is 1.19 bits per heavy atom. The molecule has 1 aromatic heterocycles. The van der Waals surface area contributed by atoms with E-state index < -0.39 is 4.92 Å². The molecule has 0 radical (unpaired) electrons. The number of aryl methyl sites for hydroxylation is 2. The molecule has 0 spiro atoms. The molecule has 27 heavy (non-hydrogen) atoms. The number of amides is 1. The van der Waals surface area contributed by atoms with Gasteiger partial charge in [-0.3, -0.25) is 14.9 Å². The van der Waals surface area contributed by atoms with Crippen LogP contribution in [-0.2, 0) is 6.42 Å². The van der Waals surface area contributed by atoms with Gasteiger partial charge in [0.05, 0.1) is 16.0 Å². The molecule has 0 saturated carbocycles. The van der Waals surface area contributed by atoms with Gasteiger partial charge in [-0.1, -0.05) is 35.4 Å². The maximum atomic E-state index is 12.5. The van der Waals surface area contributed by atoms with E-state index >= 15 is 0 Å². The molecular formula is C20H18ClN3O3. The number of fused-ring (bicyclic) bond motifs is 1. The molecule has 1 N–H and O–H groups in total. The van der Waals surface area contributed by atoms with Gasteiger partial charge in [-0.05, 0) is 43.5 Å². The zero-order chi connectivity index (χ0) is 19.6. The Bertz CT molecular complexity index is 1030. The fourth-order valence-corrected chi connectivity index (χ4v) is 3.21. The molecule has 0 fully saturated rings. The van der Waals surface area contributed by atoms with E-state index in [1.807, 2.05) is 26.0 Å². The molecule has 6 nitrogen and oxygen atoms in total. The first kappa shape index (κ1) is 18.8. The number of halogens is 1. The minimum absolute atomic E-state index is 0.0439. The largest absolute Gasteiger partial charge is 0.352 e. The van der Waals surface area contributed by atoms with Crippen LogP contribution >= 0.6 is 11.6 Å². The van der Waals surface area contributed by atoms with E-state index in [0.29, 0.717) is 18.5 Å². The number of pyridine rings is 1. The zero-order valence-electron chi connectivity index (χ0n) is 15.0. The second-order valence-electron chi connectivity index (χ2n) is 6.41. The number of nitrogens with zero attached hydrogens (tertiary/aromatic N) is 2. The van der Waals surface area contributed by atoms with Crippen LogP contribution in [-0.4, -0.2) is 22.4 Å². The van der Waals surface area contributed by atoms with E-state index in [1.165, 1.54) is 12.1 Å². The number of benzene rings is 2. The van der Waals surface area contributed by atoms with E-state index in [-0.39, 0.29) is 16.7 Å². The molecule has 3 rings (SSSR count). The monoisotopic (exact) mass is 383 g/mol. The Hall–Kier alpha value is -2.99. The highest BCUT2D eigenvalue weighted by Crippen LogP contribution is 2.24. The summed E-state index contributed by atoms with van der Waals surface area (Å²) in [7, 11) is 0. The van der Waals surface area contributed by atoms with Gasteiger partial charge < -0.3 is 5.32 Å². The molecule has 2 aromatic carbocycles. The summed E-state index contributed by atoms with van der Waals surface area (Å²) in [5, 5.41) is 14.5. The van der Waals surface area contributed by atoms with Crippen LogP contribution in [0.5, 0.6) is 0 Å². The number of carbonyl (C=O) groups excluding carboxylic acids is 1. The minimum atomic E-state index is -0.441. The van der Waals surface area contributed by atoms with Crippen molar-refractivity contribution in [3.8, 4) is 0 Å². The molecule has 0 bridgehead atoms. The molecule has 0 aliphatic heterocycles. The lowest BCUT2D eigenvalue weighted by Gasteiger charge is -2.10. The fraction of sp³-hybridized carbons (Fsp3) is 0.200. The average Bonchev–Trinajstić information content (AvgIpc) is 2.62. The first-order valence-corrected chi connectivity index (χ1v) is 8.82. The highest BCUT2D eigenvalue weighted by Gasteiger charge is 2.14. The molecule has 0 aliphatic rings. The maximum Gasteiger partial charge on any atom is 0.269 e. The van der Waals surface area contributed by atoms with Gasteiger partial charge in [-0.25, -0.2) is 4.98 Å². The highest BCUT2D eigenvalue weighted by molar-refractivity contribution is 6.33. The summed E-state index contributed by atoms with van der Waals surface area (Å²) in [5.74, 6) is -0.296. The third-order valence-electron chi connectivity index (χ3n) is 4.30. The van der Waals surface area contributed by atoms with Crippen LogP contribution < -0.4 is 5.32 Å². The van der Waals surface area contributed by atoms with E-state index in [0.717, 1.165) is 27.6 Å². The molecule has 138 valence electrons. The van der Waals surface area contributed by atoms with Crippen LogP contribution in [0.4, 0.5) is 5.69 Å². The normalized spacial score (nSPS) is 10.8. The number of nitro groups is 1. The molecular weight excluding hydrogens is 366 g/mol. The molecule has 1 heterocycles. The van der Waals surface area contributed by atoms with Crippen LogP contribution in [0.15, 0.2) is 42.5 Å². The molecule has 0 atom stereocenters. The van der Waals surface area contributed by atoms with Gasteiger partial charge >= 0.3 is 0 Å². The minimum Gasteiger partial charge on any atom is -0.352 e. The Morgan fingerprint density at radius 2 is 1.89 bits per heavy atom. The lowest BCUT2D eigenvalue weighted by atomic mass is 10.1. The van der Waals surface area contributed by atoms with E-state index in [4.69, 9.17) is 11.6 Å². The van der Waals surface area contributed by atoms with Gasteiger partial charge in [-0.2, -0.15) is 0 Å². The van der Waals surface area contributed by atoms with Crippen LogP contribution in [0.25, 0.3) is 10.9 Å². The lowest BCUT2D eigenvalue weighted by molar-refractivity contribution is -0.384. The Balaban J connectivity index is 1.70. The van der Waals surface area contributed by atoms with Crippen molar-refractivity contribution in [3.05, 3.63) is 80.0 Å². The van der Waals surface area contributed by atoms with E-state index in [9.17, 15) is 14.9 Å². The van der Waals surface area contributed by atoms with Crippen molar-refractivity contribution in [3.63, 3.8) is 0 Å². The van der Waals surface area contributed by atoms with Crippen molar-refractivity contribution in [1.29, 1.82) is 0 Å². The summed E-state index contributed by atoms with van der Waals surface area (Å²) in [6.45, 7) is 4.34. The fourth-order valence-electron chi connectivity index (χ4n) is 2.99. The average molecular weight is 384 g/mol. The first-order valence-electron chi connectivity index (χ1n) is 8.44. The molecule has 3 aromatic rings. The SMILES string of the molecule is Cc1cc(C)c2nc(Cl)c(C(=O)NCCc3ccc([N+](=O)[O-])cc3)cc2c1. The number of nitrogens with one attached hydrogen (secondary N) is 1. The Labute approximate surface area is 161 Å². The maximum absolute atomic E-state index is 12.5. The van der Waals surface area contributed by atoms with Gasteiger partial charge in [0.1, 0.15) is 5.15 Å². The number of hydrogen-bond acceptors (Lipinski definition) is 4. The predicted molar refractivity (Wildman–Crippen MR) is 105 cm³/mol. The van der Waals surface area contributed by atoms with Gasteiger partial charge in [0.25, 0.3) is 11.6 Å². The molecule has 7 heteroatoms. The summed E-state index contributed by atoms with van der Waals surface area (Å²) in [4.78, 5) is 27.1. The van der Waals surface area contributed by atoms with Crippen LogP contribution in [0.3, 0.4) is 0 Å². The quantitative estimate of drug-likeness (QED) is 0.402. The van der Waals surface area contributed by atoms with Crippen molar-refractivity contribution >= 4 is 34.1 Å². The number of rotatable bonds is 5. The van der Waals surface area contributed by atoms with E-state index in [1.54, 1.807) is 18.2 Å².